The van der Waals surface area contributed by atoms with Crippen LogP contribution in [-0.2, 0) is 4.79 Å². The van der Waals surface area contributed by atoms with Crippen molar-refractivity contribution in [3.63, 3.8) is 0 Å². The van der Waals surface area contributed by atoms with E-state index in [1.165, 1.54) is 0 Å². The highest BCUT2D eigenvalue weighted by atomic mass is 16.1. The molecule has 0 aromatic carbocycles. The summed E-state index contributed by atoms with van der Waals surface area (Å²) >= 11 is 0. The lowest BCUT2D eigenvalue weighted by atomic mass is 9.89. The largest absolute Gasteiger partial charge is 0.370 e. The fourth-order valence-electron chi connectivity index (χ4n) is 1.79. The van der Waals surface area contributed by atoms with Crippen LogP contribution in [-0.4, -0.2) is 36.0 Å². The summed E-state index contributed by atoms with van der Waals surface area (Å²) in [6.45, 7) is 2.99. The average Bonchev–Trinajstić information content (AvgIpc) is 2.16. The lowest BCUT2D eigenvalue weighted by Crippen LogP contribution is -2.51. The maximum atomic E-state index is 10.7. The summed E-state index contributed by atoms with van der Waals surface area (Å²) in [7, 11) is 2.01. The fraction of sp³-hybridized carbons (Fsp3) is 0.875. The number of likely N-dealkylation sites (N-methyl/N-ethyl adjacent to an activating group) is 1. The molecule has 1 amide bonds. The second-order valence-corrected chi connectivity index (χ2v) is 3.78. The number of nitrogens with zero attached hydrogens (tertiary/aromatic N) is 1. The molecule has 4 nitrogen and oxygen atoms in total. The Balaban J connectivity index is 2.65. The van der Waals surface area contributed by atoms with Crippen LogP contribution >= 0.6 is 0 Å². The molecule has 1 saturated heterocycles. The number of likely N-dealkylation sites (tertiary alicyclic amines) is 1. The number of amides is 1. The molecule has 1 fully saturated rings. The number of hydrogen-bond donors (Lipinski definition) is 2. The third-order valence-corrected chi connectivity index (χ3v) is 2.93. The number of carbonyl (C=O) groups excluding carboxylic acids is 1. The molecule has 0 aliphatic carbocycles. The predicted octanol–water partition coefficient (Wildman–Crippen LogP) is -0.717. The third-order valence-electron chi connectivity index (χ3n) is 2.93. The van der Waals surface area contributed by atoms with Crippen LogP contribution in [0.25, 0.3) is 0 Å². The van der Waals surface area contributed by atoms with E-state index in [0.717, 1.165) is 13.0 Å². The van der Waals surface area contributed by atoms with Crippen molar-refractivity contribution in [1.82, 2.24) is 4.90 Å². The minimum atomic E-state index is -0.402. The predicted molar refractivity (Wildman–Crippen MR) is 47.4 cm³/mol. The number of hydrogen-bond acceptors (Lipinski definition) is 3. The van der Waals surface area contributed by atoms with Crippen LogP contribution in [0.5, 0.6) is 0 Å². The molecule has 1 rings (SSSR count). The van der Waals surface area contributed by atoms with Crippen LogP contribution in [0, 0.1) is 0 Å². The monoisotopic (exact) mass is 171 g/mol. The van der Waals surface area contributed by atoms with Gasteiger partial charge in [0.05, 0.1) is 0 Å². The summed E-state index contributed by atoms with van der Waals surface area (Å²) in [6, 6.07) is 0.241. The van der Waals surface area contributed by atoms with Gasteiger partial charge in [0.2, 0.25) is 5.91 Å². The lowest BCUT2D eigenvalue weighted by Gasteiger charge is -2.29. The summed E-state index contributed by atoms with van der Waals surface area (Å²) in [5.41, 5.74) is 10.8. The van der Waals surface area contributed by atoms with E-state index in [-0.39, 0.29) is 11.9 Å². The second-order valence-electron chi connectivity index (χ2n) is 3.78. The first-order valence-electron chi connectivity index (χ1n) is 4.23. The molecule has 4 N–H and O–H groups in total. The van der Waals surface area contributed by atoms with Crippen LogP contribution in [0.3, 0.4) is 0 Å². The quantitative estimate of drug-likeness (QED) is 0.576. The van der Waals surface area contributed by atoms with Gasteiger partial charge < -0.3 is 16.4 Å². The zero-order chi connectivity index (χ0) is 9.35. The van der Waals surface area contributed by atoms with Gasteiger partial charge in [-0.05, 0) is 20.4 Å². The van der Waals surface area contributed by atoms with Crippen molar-refractivity contribution in [2.24, 2.45) is 11.5 Å². The van der Waals surface area contributed by atoms with Gasteiger partial charge in [0, 0.05) is 24.5 Å². The van der Waals surface area contributed by atoms with Gasteiger partial charge >= 0.3 is 0 Å². The standard InChI is InChI=1S/C8H17N3O/c1-6-8(10,5-7(9)12)3-4-11(6)2/h6H,3-5,10H2,1-2H3,(H2,9,12). The van der Waals surface area contributed by atoms with Crippen molar-refractivity contribution in [2.45, 2.75) is 31.3 Å². The van der Waals surface area contributed by atoms with Crippen molar-refractivity contribution in [3.8, 4) is 0 Å². The summed E-state index contributed by atoms with van der Waals surface area (Å²) in [6.07, 6.45) is 1.14. The summed E-state index contributed by atoms with van der Waals surface area (Å²) < 4.78 is 0. The van der Waals surface area contributed by atoms with E-state index in [9.17, 15) is 4.79 Å². The lowest BCUT2D eigenvalue weighted by molar-refractivity contribution is -0.119. The molecule has 70 valence electrons. The Hall–Kier alpha value is -0.610. The van der Waals surface area contributed by atoms with Crippen molar-refractivity contribution in [3.05, 3.63) is 0 Å². The molecular formula is C8H17N3O. The molecule has 0 aromatic rings. The molecule has 1 heterocycles. The molecule has 0 radical (unpaired) electrons. The van der Waals surface area contributed by atoms with E-state index in [1.807, 2.05) is 14.0 Å². The molecule has 0 saturated carbocycles. The Morgan fingerprint density at radius 2 is 2.33 bits per heavy atom. The second kappa shape index (κ2) is 3.03. The molecule has 1 aliphatic rings. The number of carbonyl (C=O) groups is 1. The van der Waals surface area contributed by atoms with Gasteiger partial charge in [-0.2, -0.15) is 0 Å². The third kappa shape index (κ3) is 1.59. The Kier molecular flexibility index (Phi) is 2.39. The average molecular weight is 171 g/mol. The van der Waals surface area contributed by atoms with Gasteiger partial charge in [0.15, 0.2) is 0 Å². The number of rotatable bonds is 2. The minimum absolute atomic E-state index is 0.241. The van der Waals surface area contributed by atoms with Gasteiger partial charge in [-0.1, -0.05) is 0 Å². The molecule has 4 heteroatoms. The van der Waals surface area contributed by atoms with Crippen LogP contribution in [0.15, 0.2) is 0 Å². The first-order chi connectivity index (χ1) is 5.46. The normalized spacial score (nSPS) is 37.1. The molecule has 2 unspecified atom stereocenters. The minimum Gasteiger partial charge on any atom is -0.370 e. The van der Waals surface area contributed by atoms with E-state index < -0.39 is 5.54 Å². The fourth-order valence-corrected chi connectivity index (χ4v) is 1.79. The molecular weight excluding hydrogens is 154 g/mol. The van der Waals surface area contributed by atoms with Crippen LogP contribution in [0.2, 0.25) is 0 Å². The smallest absolute Gasteiger partial charge is 0.219 e. The SMILES string of the molecule is CC1N(C)CCC1(N)CC(N)=O. The first-order valence-corrected chi connectivity index (χ1v) is 4.23. The van der Waals surface area contributed by atoms with Crippen LogP contribution < -0.4 is 11.5 Å². The Bertz CT molecular complexity index is 195. The Labute approximate surface area is 72.9 Å². The number of nitrogens with two attached hydrogens (primary N) is 2. The van der Waals surface area contributed by atoms with E-state index in [1.54, 1.807) is 0 Å². The Morgan fingerprint density at radius 3 is 2.67 bits per heavy atom. The Morgan fingerprint density at radius 1 is 1.75 bits per heavy atom. The highest BCUT2D eigenvalue weighted by Gasteiger charge is 2.40. The summed E-state index contributed by atoms with van der Waals surface area (Å²) in [5.74, 6) is -0.306. The first kappa shape index (κ1) is 9.48. The van der Waals surface area contributed by atoms with Crippen LogP contribution in [0.1, 0.15) is 19.8 Å². The summed E-state index contributed by atoms with van der Waals surface area (Å²) in [4.78, 5) is 12.9. The number of primary amides is 1. The van der Waals surface area contributed by atoms with E-state index in [4.69, 9.17) is 11.5 Å². The van der Waals surface area contributed by atoms with Gasteiger partial charge in [-0.15, -0.1) is 0 Å². The van der Waals surface area contributed by atoms with E-state index in [0.29, 0.717) is 6.42 Å². The van der Waals surface area contributed by atoms with E-state index >= 15 is 0 Å². The molecule has 12 heavy (non-hydrogen) atoms. The molecule has 0 aromatic heterocycles. The zero-order valence-electron chi connectivity index (χ0n) is 7.71. The highest BCUT2D eigenvalue weighted by molar-refractivity contribution is 5.75. The molecule has 0 bridgehead atoms. The van der Waals surface area contributed by atoms with Crippen molar-refractivity contribution in [1.29, 1.82) is 0 Å². The van der Waals surface area contributed by atoms with Gasteiger partial charge in [-0.25, -0.2) is 0 Å². The van der Waals surface area contributed by atoms with Crippen molar-refractivity contribution >= 4 is 5.91 Å². The zero-order valence-corrected chi connectivity index (χ0v) is 7.71. The maximum Gasteiger partial charge on any atom is 0.219 e. The summed E-state index contributed by atoms with van der Waals surface area (Å²) in [5, 5.41) is 0. The molecule has 0 spiro atoms. The van der Waals surface area contributed by atoms with Crippen molar-refractivity contribution in [2.75, 3.05) is 13.6 Å². The van der Waals surface area contributed by atoms with Gasteiger partial charge in [-0.3, -0.25) is 4.79 Å². The molecule has 1 aliphatic heterocycles. The molecule has 2 atom stereocenters. The van der Waals surface area contributed by atoms with Crippen LogP contribution in [0.4, 0.5) is 0 Å². The highest BCUT2D eigenvalue weighted by Crippen LogP contribution is 2.27. The van der Waals surface area contributed by atoms with Gasteiger partial charge in [0.1, 0.15) is 0 Å². The van der Waals surface area contributed by atoms with E-state index in [2.05, 4.69) is 4.90 Å². The van der Waals surface area contributed by atoms with Crippen molar-refractivity contribution < 1.29 is 4.79 Å². The topological polar surface area (TPSA) is 72.3 Å². The van der Waals surface area contributed by atoms with Gasteiger partial charge in [0.25, 0.3) is 0 Å². The maximum absolute atomic E-state index is 10.7.